The van der Waals surface area contributed by atoms with Crippen LogP contribution in [0.4, 0.5) is 4.39 Å². The molecule has 6 nitrogen and oxygen atoms in total. The number of nitrogens with zero attached hydrogens (tertiary/aromatic N) is 3. The zero-order chi connectivity index (χ0) is 19.3. The number of fused-ring (bicyclic) bond motifs is 1. The van der Waals surface area contributed by atoms with Gasteiger partial charge in [0.2, 0.25) is 5.16 Å². The minimum atomic E-state index is -0.259. The first kappa shape index (κ1) is 18.2. The van der Waals surface area contributed by atoms with Gasteiger partial charge >= 0.3 is 5.69 Å². The monoisotopic (exact) mass is 395 g/mol. The summed E-state index contributed by atoms with van der Waals surface area (Å²) in [6.45, 7) is 0.637. The number of halogens is 1. The fourth-order valence-electron chi connectivity index (χ4n) is 2.86. The number of aromatic amines is 2. The lowest BCUT2D eigenvalue weighted by atomic mass is 10.2. The highest BCUT2D eigenvalue weighted by atomic mass is 32.2. The van der Waals surface area contributed by atoms with Gasteiger partial charge in [0, 0.05) is 12.3 Å². The Morgan fingerprint density at radius 3 is 2.79 bits per heavy atom. The van der Waals surface area contributed by atoms with Gasteiger partial charge in [-0.2, -0.15) is 0 Å². The molecule has 2 aromatic heterocycles. The Morgan fingerprint density at radius 2 is 1.93 bits per heavy atom. The maximum atomic E-state index is 12.9. The molecule has 0 unspecified atom stereocenters. The quantitative estimate of drug-likeness (QED) is 0.367. The normalized spacial score (nSPS) is 11.6. The van der Waals surface area contributed by atoms with E-state index in [1.54, 1.807) is 22.8 Å². The van der Waals surface area contributed by atoms with Gasteiger partial charge in [-0.3, -0.25) is 9.67 Å². The molecule has 2 heterocycles. The second kappa shape index (κ2) is 8.26. The summed E-state index contributed by atoms with van der Waals surface area (Å²) in [6.07, 6.45) is 4.47. The third kappa shape index (κ3) is 4.23. The average molecular weight is 395 g/mol. The predicted octanol–water partition coefficient (Wildman–Crippen LogP) is 3.94. The molecule has 0 saturated heterocycles. The molecule has 0 spiro atoms. The van der Waals surface area contributed by atoms with Crippen LogP contribution in [0.15, 0.2) is 58.5 Å². The molecule has 142 valence electrons. The van der Waals surface area contributed by atoms with Crippen molar-refractivity contribution in [1.82, 2.24) is 24.7 Å². The first-order valence-corrected chi connectivity index (χ1v) is 9.84. The summed E-state index contributed by atoms with van der Waals surface area (Å²) in [6, 6.07) is 13.9. The van der Waals surface area contributed by atoms with Crippen LogP contribution in [0, 0.1) is 5.82 Å². The van der Waals surface area contributed by atoms with E-state index in [0.29, 0.717) is 17.5 Å². The second-order valence-corrected chi connectivity index (χ2v) is 7.25. The number of aryl methyl sites for hydroxylation is 1. The van der Waals surface area contributed by atoms with Crippen molar-refractivity contribution in [1.29, 1.82) is 0 Å². The number of benzene rings is 2. The van der Waals surface area contributed by atoms with E-state index in [9.17, 15) is 9.18 Å². The lowest BCUT2D eigenvalue weighted by Gasteiger charge is -2.02. The Morgan fingerprint density at radius 1 is 1.11 bits per heavy atom. The third-order valence-electron chi connectivity index (χ3n) is 4.22. The third-order valence-corrected chi connectivity index (χ3v) is 5.16. The number of thioether (sulfide) groups is 1. The first-order valence-electron chi connectivity index (χ1n) is 8.85. The van der Waals surface area contributed by atoms with Crippen LogP contribution in [-0.2, 0) is 6.54 Å². The summed E-state index contributed by atoms with van der Waals surface area (Å²) in [5.74, 6) is 1.18. The highest BCUT2D eigenvalue weighted by molar-refractivity contribution is 7.99. The van der Waals surface area contributed by atoms with Crippen LogP contribution in [0.3, 0.4) is 0 Å². The Hall–Kier alpha value is -3.13. The maximum absolute atomic E-state index is 12.9. The molecule has 0 bridgehead atoms. The molecule has 0 fully saturated rings. The molecule has 0 amide bonds. The molecule has 0 aliphatic heterocycles. The van der Waals surface area contributed by atoms with Gasteiger partial charge in [-0.15, -0.1) is 5.10 Å². The molecular formula is C20H18FN5OS. The maximum Gasteiger partial charge on any atom is 0.326 e. The van der Waals surface area contributed by atoms with Crippen LogP contribution in [0.1, 0.15) is 17.8 Å². The zero-order valence-corrected chi connectivity index (χ0v) is 15.7. The van der Waals surface area contributed by atoms with Crippen molar-refractivity contribution in [3.8, 4) is 0 Å². The summed E-state index contributed by atoms with van der Waals surface area (Å²) in [4.78, 5) is 19.3. The fourth-order valence-corrected chi connectivity index (χ4v) is 3.59. The van der Waals surface area contributed by atoms with E-state index >= 15 is 0 Å². The Labute approximate surface area is 164 Å². The molecule has 0 aliphatic carbocycles. The molecular weight excluding hydrogens is 377 g/mol. The van der Waals surface area contributed by atoms with Crippen molar-refractivity contribution in [3.63, 3.8) is 0 Å². The lowest BCUT2D eigenvalue weighted by molar-refractivity contribution is 0.628. The van der Waals surface area contributed by atoms with Gasteiger partial charge in [0.05, 0.1) is 11.0 Å². The van der Waals surface area contributed by atoms with Crippen LogP contribution in [0.2, 0.25) is 0 Å². The van der Waals surface area contributed by atoms with Crippen LogP contribution in [0.25, 0.3) is 23.2 Å². The smallest absolute Gasteiger partial charge is 0.306 e. The van der Waals surface area contributed by atoms with E-state index in [0.717, 1.165) is 28.8 Å². The molecule has 0 radical (unpaired) electrons. The highest BCUT2D eigenvalue weighted by Crippen LogP contribution is 2.16. The SMILES string of the molecule is O=c1[nH]c2ccccc2n1CCCSc1n[nH]c(C=Cc2ccc(F)cc2)n1. The topological polar surface area (TPSA) is 79.4 Å². The Balaban J connectivity index is 1.30. The van der Waals surface area contributed by atoms with Crippen LogP contribution >= 0.6 is 11.8 Å². The van der Waals surface area contributed by atoms with E-state index in [4.69, 9.17) is 0 Å². The number of hydrogen-bond donors (Lipinski definition) is 2. The number of imidazole rings is 1. The number of rotatable bonds is 7. The molecule has 2 aromatic carbocycles. The predicted molar refractivity (Wildman–Crippen MR) is 110 cm³/mol. The Bertz CT molecular complexity index is 1160. The van der Waals surface area contributed by atoms with Crippen molar-refractivity contribution in [2.75, 3.05) is 5.75 Å². The minimum absolute atomic E-state index is 0.0858. The van der Waals surface area contributed by atoms with E-state index in [-0.39, 0.29) is 11.5 Å². The van der Waals surface area contributed by atoms with Crippen molar-refractivity contribution in [2.24, 2.45) is 0 Å². The molecule has 0 aliphatic rings. The van der Waals surface area contributed by atoms with Crippen molar-refractivity contribution in [2.45, 2.75) is 18.1 Å². The summed E-state index contributed by atoms with van der Waals surface area (Å²) in [5.41, 5.74) is 2.57. The van der Waals surface area contributed by atoms with Crippen LogP contribution in [-0.4, -0.2) is 30.5 Å². The van der Waals surface area contributed by atoms with Crippen molar-refractivity contribution >= 4 is 34.9 Å². The first-order chi connectivity index (χ1) is 13.7. The van der Waals surface area contributed by atoms with Gasteiger partial charge in [0.1, 0.15) is 11.6 Å². The molecule has 4 rings (SSSR count). The van der Waals surface area contributed by atoms with Gasteiger partial charge in [0.15, 0.2) is 0 Å². The van der Waals surface area contributed by atoms with Gasteiger partial charge in [-0.1, -0.05) is 42.1 Å². The second-order valence-electron chi connectivity index (χ2n) is 6.19. The molecule has 8 heteroatoms. The van der Waals surface area contributed by atoms with Crippen molar-refractivity contribution in [3.05, 3.63) is 76.2 Å². The molecule has 28 heavy (non-hydrogen) atoms. The van der Waals surface area contributed by atoms with E-state index in [1.807, 2.05) is 30.3 Å². The standard InChI is InChI=1S/C20H18FN5OS/c21-15-9-6-14(7-10-15)8-11-18-23-19(25-24-18)28-13-3-12-26-17-5-2-1-4-16(17)22-20(26)27/h1-2,4-11H,3,12-13H2,(H,22,27)(H,23,24,25). The lowest BCUT2D eigenvalue weighted by Crippen LogP contribution is -2.17. The molecule has 0 saturated carbocycles. The van der Waals surface area contributed by atoms with Crippen molar-refractivity contribution < 1.29 is 4.39 Å². The molecule has 0 atom stereocenters. The highest BCUT2D eigenvalue weighted by Gasteiger charge is 2.06. The summed E-state index contributed by atoms with van der Waals surface area (Å²) in [7, 11) is 0. The minimum Gasteiger partial charge on any atom is -0.306 e. The number of para-hydroxylation sites is 2. The number of H-pyrrole nitrogens is 2. The molecule has 2 N–H and O–H groups in total. The fraction of sp³-hybridized carbons (Fsp3) is 0.150. The zero-order valence-electron chi connectivity index (χ0n) is 14.9. The number of aromatic nitrogens is 5. The number of nitrogens with one attached hydrogen (secondary N) is 2. The van der Waals surface area contributed by atoms with E-state index in [1.165, 1.54) is 23.9 Å². The van der Waals surface area contributed by atoms with Gasteiger partial charge < -0.3 is 4.98 Å². The molecule has 4 aromatic rings. The van der Waals surface area contributed by atoms with Crippen LogP contribution in [0.5, 0.6) is 0 Å². The summed E-state index contributed by atoms with van der Waals surface area (Å²) >= 11 is 1.54. The summed E-state index contributed by atoms with van der Waals surface area (Å²) in [5, 5.41) is 7.72. The van der Waals surface area contributed by atoms with Crippen LogP contribution < -0.4 is 5.69 Å². The van der Waals surface area contributed by atoms with Gasteiger partial charge in [-0.05, 0) is 42.3 Å². The largest absolute Gasteiger partial charge is 0.326 e. The van der Waals surface area contributed by atoms with Gasteiger partial charge in [-0.25, -0.2) is 14.2 Å². The summed E-state index contributed by atoms with van der Waals surface area (Å²) < 4.78 is 14.7. The number of hydrogen-bond acceptors (Lipinski definition) is 4. The van der Waals surface area contributed by atoms with Gasteiger partial charge in [0.25, 0.3) is 0 Å². The van der Waals surface area contributed by atoms with E-state index < -0.39 is 0 Å². The Kier molecular flexibility index (Phi) is 5.38. The average Bonchev–Trinajstić information content (AvgIpc) is 3.28. The van der Waals surface area contributed by atoms with E-state index in [2.05, 4.69) is 20.2 Å².